The molecule has 0 saturated heterocycles. The van der Waals surface area contributed by atoms with Crippen molar-refractivity contribution < 1.29 is 19.4 Å². The summed E-state index contributed by atoms with van der Waals surface area (Å²) in [5.74, 6) is 0.284. The quantitative estimate of drug-likeness (QED) is 0.897. The van der Waals surface area contributed by atoms with E-state index in [1.807, 2.05) is 24.3 Å². The molecule has 1 unspecified atom stereocenters. The minimum atomic E-state index is -0.992. The highest BCUT2D eigenvalue weighted by atomic mass is 16.5. The fourth-order valence-corrected chi connectivity index (χ4v) is 2.29. The Morgan fingerprint density at radius 3 is 2.74 bits per heavy atom. The lowest BCUT2D eigenvalue weighted by atomic mass is 9.93. The summed E-state index contributed by atoms with van der Waals surface area (Å²) in [6.07, 6.45) is -0.961. The van der Waals surface area contributed by atoms with Crippen LogP contribution in [0, 0.1) is 0 Å². The maximum atomic E-state index is 11.3. The Morgan fingerprint density at radius 1 is 1.21 bits per heavy atom. The van der Waals surface area contributed by atoms with Crippen molar-refractivity contribution in [1.29, 1.82) is 0 Å². The van der Waals surface area contributed by atoms with Crippen molar-refractivity contribution in [2.75, 3.05) is 7.11 Å². The van der Waals surface area contributed by atoms with Crippen LogP contribution in [0.3, 0.4) is 0 Å². The molecule has 0 aromatic heterocycles. The van der Waals surface area contributed by atoms with Crippen molar-refractivity contribution >= 4 is 5.97 Å². The molecular formula is C15H12O4. The topological polar surface area (TPSA) is 55.8 Å². The minimum Gasteiger partial charge on any atom is -0.497 e. The number of carboxylic acids is 1. The lowest BCUT2D eigenvalue weighted by molar-refractivity contribution is -0.145. The maximum Gasteiger partial charge on any atom is 0.349 e. The van der Waals surface area contributed by atoms with E-state index in [0.717, 1.165) is 11.1 Å². The molecule has 19 heavy (non-hydrogen) atoms. The maximum absolute atomic E-state index is 11.3. The number of aliphatic carboxylic acids is 1. The van der Waals surface area contributed by atoms with Crippen molar-refractivity contribution in [3.8, 4) is 22.6 Å². The smallest absolute Gasteiger partial charge is 0.349 e. The van der Waals surface area contributed by atoms with Crippen LogP contribution in [0.1, 0.15) is 11.7 Å². The third kappa shape index (κ3) is 1.81. The molecule has 0 saturated carbocycles. The Morgan fingerprint density at radius 2 is 2.00 bits per heavy atom. The van der Waals surface area contributed by atoms with Crippen LogP contribution in [0.25, 0.3) is 11.1 Å². The summed E-state index contributed by atoms with van der Waals surface area (Å²) in [4.78, 5) is 11.3. The summed E-state index contributed by atoms with van der Waals surface area (Å²) in [6, 6.07) is 12.7. The van der Waals surface area contributed by atoms with Crippen LogP contribution in [0.5, 0.6) is 11.5 Å². The molecule has 4 heteroatoms. The van der Waals surface area contributed by atoms with Crippen molar-refractivity contribution in [2.24, 2.45) is 0 Å². The molecule has 2 aromatic rings. The van der Waals surface area contributed by atoms with Gasteiger partial charge in [-0.15, -0.1) is 0 Å². The van der Waals surface area contributed by atoms with Gasteiger partial charge in [-0.2, -0.15) is 0 Å². The summed E-state index contributed by atoms with van der Waals surface area (Å²) in [5, 5.41) is 9.26. The summed E-state index contributed by atoms with van der Waals surface area (Å²) >= 11 is 0. The van der Waals surface area contributed by atoms with E-state index in [4.69, 9.17) is 9.47 Å². The predicted octanol–water partition coefficient (Wildman–Crippen LogP) is 2.88. The number of methoxy groups -OCH3 is 1. The third-order valence-electron chi connectivity index (χ3n) is 3.19. The SMILES string of the molecule is COc1ccc2c(c1)-c1ccccc1C(C(=O)O)O2. The number of carboxylic acid groups (broad SMARTS) is 1. The molecular weight excluding hydrogens is 244 g/mol. The standard InChI is InChI=1S/C15H12O4/c1-18-9-6-7-13-12(8-9)10-4-2-3-5-11(10)14(19-13)15(16)17/h2-8,14H,1H3,(H,16,17). The molecule has 0 aliphatic carbocycles. The number of rotatable bonds is 2. The zero-order chi connectivity index (χ0) is 13.4. The van der Waals surface area contributed by atoms with Gasteiger partial charge in [0.25, 0.3) is 0 Å². The second-order valence-electron chi connectivity index (χ2n) is 4.29. The summed E-state index contributed by atoms with van der Waals surface area (Å²) < 4.78 is 10.8. The van der Waals surface area contributed by atoms with Crippen LogP contribution >= 0.6 is 0 Å². The first-order chi connectivity index (χ1) is 9.20. The average Bonchev–Trinajstić information content (AvgIpc) is 2.45. The molecule has 0 bridgehead atoms. The van der Waals surface area contributed by atoms with Gasteiger partial charge in [-0.25, -0.2) is 4.79 Å². The second-order valence-corrected chi connectivity index (χ2v) is 4.29. The minimum absolute atomic E-state index is 0.562. The first kappa shape index (κ1) is 11.6. The highest BCUT2D eigenvalue weighted by Gasteiger charge is 2.31. The number of fused-ring (bicyclic) bond motifs is 3. The molecule has 0 spiro atoms. The summed E-state index contributed by atoms with van der Waals surface area (Å²) in [7, 11) is 1.59. The highest BCUT2D eigenvalue weighted by molar-refractivity contribution is 5.85. The molecule has 3 rings (SSSR count). The monoisotopic (exact) mass is 256 g/mol. The molecule has 1 heterocycles. The van der Waals surface area contributed by atoms with Gasteiger partial charge in [0.2, 0.25) is 6.10 Å². The lowest BCUT2D eigenvalue weighted by Crippen LogP contribution is -2.22. The van der Waals surface area contributed by atoms with E-state index in [2.05, 4.69) is 0 Å². The Balaban J connectivity index is 2.22. The second kappa shape index (κ2) is 4.31. The summed E-state index contributed by atoms with van der Waals surface area (Å²) in [6.45, 7) is 0. The Hall–Kier alpha value is -2.49. The molecule has 96 valence electrons. The van der Waals surface area contributed by atoms with Gasteiger partial charge in [0, 0.05) is 11.1 Å². The van der Waals surface area contributed by atoms with Crippen LogP contribution in [0.2, 0.25) is 0 Å². The van der Waals surface area contributed by atoms with Gasteiger partial charge in [0.1, 0.15) is 11.5 Å². The van der Waals surface area contributed by atoms with Gasteiger partial charge in [-0.3, -0.25) is 0 Å². The molecule has 2 aromatic carbocycles. The molecule has 0 radical (unpaired) electrons. The largest absolute Gasteiger partial charge is 0.497 e. The molecule has 1 atom stereocenters. The Bertz CT molecular complexity index is 648. The first-order valence-electron chi connectivity index (χ1n) is 5.87. The number of benzene rings is 2. The van der Waals surface area contributed by atoms with E-state index in [-0.39, 0.29) is 0 Å². The van der Waals surface area contributed by atoms with Crippen molar-refractivity contribution in [3.63, 3.8) is 0 Å². The van der Waals surface area contributed by atoms with Crippen molar-refractivity contribution in [2.45, 2.75) is 6.10 Å². The van der Waals surface area contributed by atoms with Crippen molar-refractivity contribution in [3.05, 3.63) is 48.0 Å². The van der Waals surface area contributed by atoms with Crippen LogP contribution in [0.4, 0.5) is 0 Å². The van der Waals surface area contributed by atoms with Gasteiger partial charge in [-0.05, 0) is 23.8 Å². The number of carbonyl (C=O) groups is 1. The van der Waals surface area contributed by atoms with E-state index in [1.54, 1.807) is 25.3 Å². The Kier molecular flexibility index (Phi) is 2.63. The van der Waals surface area contributed by atoms with E-state index >= 15 is 0 Å². The van der Waals surface area contributed by atoms with E-state index in [0.29, 0.717) is 17.1 Å². The number of ether oxygens (including phenoxy) is 2. The van der Waals surface area contributed by atoms with E-state index in [1.165, 1.54) is 0 Å². The van der Waals surface area contributed by atoms with E-state index in [9.17, 15) is 9.90 Å². The first-order valence-corrected chi connectivity index (χ1v) is 5.87. The number of hydrogen-bond donors (Lipinski definition) is 1. The van der Waals surface area contributed by atoms with Crippen LogP contribution in [-0.4, -0.2) is 18.2 Å². The molecule has 1 aliphatic rings. The molecule has 4 nitrogen and oxygen atoms in total. The van der Waals surface area contributed by atoms with Gasteiger partial charge in [0.05, 0.1) is 7.11 Å². The fraction of sp³-hybridized carbons (Fsp3) is 0.133. The van der Waals surface area contributed by atoms with Crippen LogP contribution in [0.15, 0.2) is 42.5 Å². The van der Waals surface area contributed by atoms with Gasteiger partial charge in [0.15, 0.2) is 0 Å². The fourth-order valence-electron chi connectivity index (χ4n) is 2.29. The average molecular weight is 256 g/mol. The zero-order valence-electron chi connectivity index (χ0n) is 10.3. The number of hydrogen-bond acceptors (Lipinski definition) is 3. The normalized spacial score (nSPS) is 15.9. The zero-order valence-corrected chi connectivity index (χ0v) is 10.3. The van der Waals surface area contributed by atoms with Crippen LogP contribution < -0.4 is 9.47 Å². The molecule has 1 aliphatic heterocycles. The van der Waals surface area contributed by atoms with Gasteiger partial charge in [-0.1, -0.05) is 24.3 Å². The lowest BCUT2D eigenvalue weighted by Gasteiger charge is -2.26. The Labute approximate surface area is 110 Å². The highest BCUT2D eigenvalue weighted by Crippen LogP contribution is 2.43. The molecule has 0 amide bonds. The predicted molar refractivity (Wildman–Crippen MR) is 69.4 cm³/mol. The van der Waals surface area contributed by atoms with Gasteiger partial charge < -0.3 is 14.6 Å². The van der Waals surface area contributed by atoms with Gasteiger partial charge >= 0.3 is 5.97 Å². The summed E-state index contributed by atoms with van der Waals surface area (Å²) in [5.41, 5.74) is 2.39. The third-order valence-corrected chi connectivity index (χ3v) is 3.19. The van der Waals surface area contributed by atoms with E-state index < -0.39 is 12.1 Å². The molecule has 0 fully saturated rings. The molecule has 1 N–H and O–H groups in total. The van der Waals surface area contributed by atoms with Crippen molar-refractivity contribution in [1.82, 2.24) is 0 Å². The van der Waals surface area contributed by atoms with Crippen LogP contribution in [-0.2, 0) is 4.79 Å².